The molecule has 0 aliphatic carbocycles. The van der Waals surface area contributed by atoms with Crippen molar-refractivity contribution in [2.75, 3.05) is 13.2 Å². The number of hydrogen-bond donors (Lipinski definition) is 0. The van der Waals surface area contributed by atoms with E-state index in [-0.39, 0.29) is 0 Å². The van der Waals surface area contributed by atoms with Crippen molar-refractivity contribution in [2.24, 2.45) is 0 Å². The van der Waals surface area contributed by atoms with Crippen LogP contribution in [-0.2, 0) is 24.4 Å². The van der Waals surface area contributed by atoms with Gasteiger partial charge in [-0.2, -0.15) is 5.10 Å². The molecule has 5 nitrogen and oxygen atoms in total. The molecule has 0 bridgehead atoms. The maximum Gasteiger partial charge on any atom is 0.0703 e. The number of nitrogens with zero attached hydrogens (tertiary/aromatic N) is 4. The number of pyridine rings is 1. The van der Waals surface area contributed by atoms with Crippen LogP contribution in [0.1, 0.15) is 43.0 Å². The summed E-state index contributed by atoms with van der Waals surface area (Å²) in [6.07, 6.45) is 9.58. The maximum atomic E-state index is 5.86. The van der Waals surface area contributed by atoms with Crippen molar-refractivity contribution in [3.05, 3.63) is 47.5 Å². The van der Waals surface area contributed by atoms with E-state index in [1.165, 1.54) is 29.7 Å². The molecule has 0 amide bonds. The van der Waals surface area contributed by atoms with E-state index in [0.717, 1.165) is 39.2 Å². The van der Waals surface area contributed by atoms with E-state index in [1.54, 1.807) is 0 Å². The monoisotopic (exact) mass is 328 g/mol. The second-order valence-corrected chi connectivity index (χ2v) is 6.64. The predicted octanol–water partition coefficient (Wildman–Crippen LogP) is 3.18. The molecule has 1 aliphatic heterocycles. The highest BCUT2D eigenvalue weighted by Gasteiger charge is 2.20. The molecule has 3 rings (SSSR count). The van der Waals surface area contributed by atoms with Crippen LogP contribution in [-0.4, -0.2) is 38.9 Å². The van der Waals surface area contributed by atoms with Gasteiger partial charge in [-0.3, -0.25) is 14.6 Å². The zero-order valence-electron chi connectivity index (χ0n) is 14.8. The van der Waals surface area contributed by atoms with Crippen molar-refractivity contribution in [1.82, 2.24) is 19.7 Å². The van der Waals surface area contributed by atoms with Crippen molar-refractivity contribution in [3.8, 4) is 0 Å². The van der Waals surface area contributed by atoms with Gasteiger partial charge in [0, 0.05) is 56.4 Å². The fourth-order valence-electron chi connectivity index (χ4n) is 3.33. The molecular weight excluding hydrogens is 300 g/mol. The fraction of sp³-hybridized carbons (Fsp3) is 0.579. The SMILES string of the molecule is CCCn1ncc(CN(Cc2ccncc2)CC2CCCO2)c1C. The Morgan fingerprint density at radius 1 is 1.29 bits per heavy atom. The van der Waals surface area contributed by atoms with Crippen molar-refractivity contribution in [1.29, 1.82) is 0 Å². The highest BCUT2D eigenvalue weighted by Crippen LogP contribution is 2.18. The third-order valence-corrected chi connectivity index (χ3v) is 4.68. The van der Waals surface area contributed by atoms with Crippen LogP contribution in [0.4, 0.5) is 0 Å². The third-order valence-electron chi connectivity index (χ3n) is 4.68. The van der Waals surface area contributed by atoms with Gasteiger partial charge in [0.2, 0.25) is 0 Å². The Morgan fingerprint density at radius 2 is 2.12 bits per heavy atom. The average Bonchev–Trinajstić information content (AvgIpc) is 3.21. The predicted molar refractivity (Wildman–Crippen MR) is 94.6 cm³/mol. The van der Waals surface area contributed by atoms with E-state index in [0.29, 0.717) is 6.10 Å². The van der Waals surface area contributed by atoms with Gasteiger partial charge < -0.3 is 4.74 Å². The van der Waals surface area contributed by atoms with E-state index in [2.05, 4.69) is 45.6 Å². The lowest BCUT2D eigenvalue weighted by Gasteiger charge is -2.25. The first kappa shape index (κ1) is 17.1. The number of hydrogen-bond acceptors (Lipinski definition) is 4. The van der Waals surface area contributed by atoms with Gasteiger partial charge in [0.15, 0.2) is 0 Å². The molecule has 0 N–H and O–H groups in total. The molecule has 2 aromatic heterocycles. The summed E-state index contributed by atoms with van der Waals surface area (Å²) in [6, 6.07) is 4.19. The summed E-state index contributed by atoms with van der Waals surface area (Å²) in [4.78, 5) is 6.60. The molecule has 0 radical (unpaired) electrons. The molecule has 0 saturated carbocycles. The Hall–Kier alpha value is -1.72. The Labute approximate surface area is 144 Å². The number of aromatic nitrogens is 3. The van der Waals surface area contributed by atoms with Crippen LogP contribution in [0.5, 0.6) is 0 Å². The van der Waals surface area contributed by atoms with Crippen LogP contribution >= 0.6 is 0 Å². The van der Waals surface area contributed by atoms with Gasteiger partial charge in [0.25, 0.3) is 0 Å². The van der Waals surface area contributed by atoms with E-state index in [1.807, 2.05) is 18.6 Å². The van der Waals surface area contributed by atoms with E-state index in [9.17, 15) is 0 Å². The maximum absolute atomic E-state index is 5.86. The molecule has 130 valence electrons. The Morgan fingerprint density at radius 3 is 2.83 bits per heavy atom. The smallest absolute Gasteiger partial charge is 0.0703 e. The molecule has 5 heteroatoms. The van der Waals surface area contributed by atoms with Gasteiger partial charge in [-0.1, -0.05) is 6.92 Å². The molecular formula is C19H28N4O. The van der Waals surface area contributed by atoms with Crippen molar-refractivity contribution in [3.63, 3.8) is 0 Å². The highest BCUT2D eigenvalue weighted by molar-refractivity contribution is 5.17. The summed E-state index contributed by atoms with van der Waals surface area (Å²) in [5.74, 6) is 0. The minimum atomic E-state index is 0.359. The van der Waals surface area contributed by atoms with Crippen LogP contribution in [0, 0.1) is 6.92 Å². The van der Waals surface area contributed by atoms with Gasteiger partial charge in [0.1, 0.15) is 0 Å². The Balaban J connectivity index is 1.71. The summed E-state index contributed by atoms with van der Waals surface area (Å²) in [5.41, 5.74) is 3.89. The molecule has 1 saturated heterocycles. The lowest BCUT2D eigenvalue weighted by Crippen LogP contribution is -2.31. The lowest BCUT2D eigenvalue weighted by molar-refractivity contribution is 0.0678. The summed E-state index contributed by atoms with van der Waals surface area (Å²) < 4.78 is 7.98. The molecule has 2 aromatic rings. The van der Waals surface area contributed by atoms with E-state index >= 15 is 0 Å². The zero-order valence-corrected chi connectivity index (χ0v) is 14.8. The van der Waals surface area contributed by atoms with Crippen LogP contribution in [0.25, 0.3) is 0 Å². The van der Waals surface area contributed by atoms with Crippen LogP contribution < -0.4 is 0 Å². The molecule has 1 fully saturated rings. The Bertz CT molecular complexity index is 620. The summed E-state index contributed by atoms with van der Waals surface area (Å²) in [6.45, 7) is 9.06. The minimum absolute atomic E-state index is 0.359. The summed E-state index contributed by atoms with van der Waals surface area (Å²) >= 11 is 0. The standard InChI is InChI=1S/C19H28N4O/c1-3-10-23-16(2)18(12-21-23)14-22(15-19-5-4-11-24-19)13-17-6-8-20-9-7-17/h6-9,12,19H,3-5,10-11,13-15H2,1-2H3. The molecule has 1 atom stereocenters. The zero-order chi connectivity index (χ0) is 16.8. The fourth-order valence-corrected chi connectivity index (χ4v) is 3.33. The van der Waals surface area contributed by atoms with Gasteiger partial charge in [-0.05, 0) is 43.9 Å². The van der Waals surface area contributed by atoms with Crippen LogP contribution in [0.3, 0.4) is 0 Å². The topological polar surface area (TPSA) is 43.2 Å². The first-order valence-electron chi connectivity index (χ1n) is 9.00. The minimum Gasteiger partial charge on any atom is -0.377 e. The van der Waals surface area contributed by atoms with Gasteiger partial charge >= 0.3 is 0 Å². The molecule has 1 aliphatic rings. The summed E-state index contributed by atoms with van der Waals surface area (Å²) in [5, 5.41) is 4.55. The first-order valence-corrected chi connectivity index (χ1v) is 9.00. The average molecular weight is 328 g/mol. The van der Waals surface area contributed by atoms with Crippen LogP contribution in [0.15, 0.2) is 30.7 Å². The van der Waals surface area contributed by atoms with Gasteiger partial charge in [-0.25, -0.2) is 0 Å². The second kappa shape index (κ2) is 8.40. The quantitative estimate of drug-likeness (QED) is 0.746. The van der Waals surface area contributed by atoms with E-state index in [4.69, 9.17) is 4.74 Å². The van der Waals surface area contributed by atoms with Gasteiger partial charge in [0.05, 0.1) is 12.3 Å². The van der Waals surface area contributed by atoms with Crippen molar-refractivity contribution >= 4 is 0 Å². The molecule has 0 aromatic carbocycles. The Kier molecular flexibility index (Phi) is 5.99. The molecule has 1 unspecified atom stereocenters. The largest absolute Gasteiger partial charge is 0.377 e. The molecule has 24 heavy (non-hydrogen) atoms. The van der Waals surface area contributed by atoms with Crippen molar-refractivity contribution < 1.29 is 4.74 Å². The third kappa shape index (κ3) is 4.42. The van der Waals surface area contributed by atoms with Crippen LogP contribution in [0.2, 0.25) is 0 Å². The number of ether oxygens (including phenoxy) is 1. The highest BCUT2D eigenvalue weighted by atomic mass is 16.5. The normalized spacial score (nSPS) is 17.7. The number of rotatable bonds is 8. The molecule has 3 heterocycles. The summed E-state index contributed by atoms with van der Waals surface area (Å²) in [7, 11) is 0. The number of aryl methyl sites for hydroxylation is 1. The first-order chi connectivity index (χ1) is 11.8. The lowest BCUT2D eigenvalue weighted by atomic mass is 10.1. The van der Waals surface area contributed by atoms with E-state index < -0.39 is 0 Å². The second-order valence-electron chi connectivity index (χ2n) is 6.64. The van der Waals surface area contributed by atoms with Crippen molar-refractivity contribution in [2.45, 2.75) is 58.8 Å². The molecule has 0 spiro atoms. The van der Waals surface area contributed by atoms with Gasteiger partial charge in [-0.15, -0.1) is 0 Å².